The molecule has 0 radical (unpaired) electrons. The molecule has 0 aliphatic rings. The zero-order chi connectivity index (χ0) is 16.3. The molecule has 2 aromatic rings. The molecule has 0 saturated heterocycles. The fraction of sp³-hybridized carbons (Fsp3) is 0.188. The van der Waals surface area contributed by atoms with Gasteiger partial charge in [0.1, 0.15) is 0 Å². The lowest BCUT2D eigenvalue weighted by atomic mass is 10.2. The van der Waals surface area contributed by atoms with Crippen LogP contribution in [0.2, 0.25) is 0 Å². The molecular weight excluding hydrogens is 302 g/mol. The first-order chi connectivity index (χ1) is 10.4. The average Bonchev–Trinajstić information content (AvgIpc) is 2.54. The predicted octanol–water partition coefficient (Wildman–Crippen LogP) is 2.61. The van der Waals surface area contributed by atoms with Gasteiger partial charge in [-0.1, -0.05) is 23.8 Å². The minimum absolute atomic E-state index is 0.0403. The highest BCUT2D eigenvalue weighted by atomic mass is 32.2. The summed E-state index contributed by atoms with van der Waals surface area (Å²) < 4.78 is 31.1. The number of carbonyl (C=O) groups excluding carboxylic acids is 1. The summed E-state index contributed by atoms with van der Waals surface area (Å²) in [6, 6.07) is 12.9. The monoisotopic (exact) mass is 319 g/mol. The van der Waals surface area contributed by atoms with E-state index < -0.39 is 16.0 Å². The molecule has 0 amide bonds. The number of benzene rings is 2. The van der Waals surface area contributed by atoms with Gasteiger partial charge in [0.2, 0.25) is 0 Å². The van der Waals surface area contributed by atoms with Gasteiger partial charge in [-0.15, -0.1) is 0 Å². The van der Waals surface area contributed by atoms with Gasteiger partial charge < -0.3 is 4.74 Å². The Bertz CT molecular complexity index is 782. The van der Waals surface area contributed by atoms with Crippen LogP contribution < -0.4 is 4.31 Å². The molecule has 0 fully saturated rings. The average molecular weight is 319 g/mol. The lowest BCUT2D eigenvalue weighted by Gasteiger charge is -2.20. The van der Waals surface area contributed by atoms with Gasteiger partial charge in [-0.2, -0.15) is 0 Å². The van der Waals surface area contributed by atoms with Crippen molar-refractivity contribution in [2.24, 2.45) is 0 Å². The van der Waals surface area contributed by atoms with Crippen molar-refractivity contribution >= 4 is 21.7 Å². The van der Waals surface area contributed by atoms with Crippen molar-refractivity contribution < 1.29 is 17.9 Å². The molecule has 2 aromatic carbocycles. The maximum absolute atomic E-state index is 12.7. The van der Waals surface area contributed by atoms with Gasteiger partial charge in [0.25, 0.3) is 10.0 Å². The molecule has 0 unspecified atom stereocenters. The Kier molecular flexibility index (Phi) is 4.51. The first-order valence-corrected chi connectivity index (χ1v) is 8.04. The van der Waals surface area contributed by atoms with Gasteiger partial charge in [0.05, 0.1) is 23.3 Å². The Hall–Kier alpha value is -2.34. The van der Waals surface area contributed by atoms with Crippen molar-refractivity contribution in [2.45, 2.75) is 11.8 Å². The van der Waals surface area contributed by atoms with Crippen molar-refractivity contribution in [1.29, 1.82) is 0 Å². The van der Waals surface area contributed by atoms with Crippen molar-refractivity contribution in [1.82, 2.24) is 0 Å². The van der Waals surface area contributed by atoms with Crippen LogP contribution in [-0.2, 0) is 14.8 Å². The second kappa shape index (κ2) is 6.19. The number of carbonyl (C=O) groups is 1. The normalized spacial score (nSPS) is 11.0. The van der Waals surface area contributed by atoms with E-state index in [0.717, 1.165) is 5.56 Å². The van der Waals surface area contributed by atoms with Crippen molar-refractivity contribution in [3.63, 3.8) is 0 Å². The number of hydrogen-bond acceptors (Lipinski definition) is 4. The number of ether oxygens (including phenoxy) is 1. The number of hydrogen-bond donors (Lipinski definition) is 0. The Morgan fingerprint density at radius 2 is 1.73 bits per heavy atom. The van der Waals surface area contributed by atoms with Crippen molar-refractivity contribution in [2.75, 3.05) is 18.5 Å². The van der Waals surface area contributed by atoms with E-state index in [9.17, 15) is 13.2 Å². The van der Waals surface area contributed by atoms with E-state index in [1.165, 1.54) is 42.7 Å². The molecule has 22 heavy (non-hydrogen) atoms. The van der Waals surface area contributed by atoms with Crippen LogP contribution >= 0.6 is 0 Å². The number of sulfonamides is 1. The van der Waals surface area contributed by atoms with Gasteiger partial charge in [-0.3, -0.25) is 4.31 Å². The first-order valence-electron chi connectivity index (χ1n) is 6.60. The van der Waals surface area contributed by atoms with E-state index in [0.29, 0.717) is 5.69 Å². The van der Waals surface area contributed by atoms with Crippen molar-refractivity contribution in [3.05, 3.63) is 59.7 Å². The van der Waals surface area contributed by atoms with E-state index in [1.54, 1.807) is 12.1 Å². The standard InChI is InChI=1S/C16H17NO4S/c1-12-7-9-14(10-8-12)17(2)22(19,20)15-6-4-5-13(11-15)16(18)21-3/h4-11H,1-3H3. The van der Waals surface area contributed by atoms with Crippen LogP contribution in [-0.4, -0.2) is 28.5 Å². The lowest BCUT2D eigenvalue weighted by Crippen LogP contribution is -2.26. The second-order valence-corrected chi connectivity index (χ2v) is 6.80. The molecule has 0 atom stereocenters. The van der Waals surface area contributed by atoms with Crippen molar-refractivity contribution in [3.8, 4) is 0 Å². The van der Waals surface area contributed by atoms with E-state index >= 15 is 0 Å². The van der Waals surface area contributed by atoms with E-state index in [4.69, 9.17) is 0 Å². The SMILES string of the molecule is COC(=O)c1cccc(S(=O)(=O)N(C)c2ccc(C)cc2)c1. The summed E-state index contributed by atoms with van der Waals surface area (Å²) in [4.78, 5) is 11.6. The van der Waals surface area contributed by atoms with E-state index in [1.807, 2.05) is 19.1 Å². The molecule has 0 aliphatic heterocycles. The predicted molar refractivity (Wildman–Crippen MR) is 84.5 cm³/mol. The van der Waals surface area contributed by atoms with Crippen LogP contribution in [0.1, 0.15) is 15.9 Å². The number of aryl methyl sites for hydroxylation is 1. The van der Waals surface area contributed by atoms with Crippen LogP contribution in [0.25, 0.3) is 0 Å². The fourth-order valence-corrected chi connectivity index (χ4v) is 3.19. The molecule has 6 heteroatoms. The zero-order valence-corrected chi connectivity index (χ0v) is 13.4. The third-order valence-corrected chi connectivity index (χ3v) is 5.09. The Morgan fingerprint density at radius 1 is 1.09 bits per heavy atom. The number of nitrogens with zero attached hydrogens (tertiary/aromatic N) is 1. The van der Waals surface area contributed by atoms with E-state index in [2.05, 4.69) is 4.74 Å². The number of esters is 1. The molecular formula is C16H17NO4S. The molecule has 0 bridgehead atoms. The fourth-order valence-electron chi connectivity index (χ4n) is 1.95. The molecule has 0 N–H and O–H groups in total. The third-order valence-electron chi connectivity index (χ3n) is 3.31. The molecule has 0 aromatic heterocycles. The Labute approximate surface area is 130 Å². The molecule has 0 heterocycles. The maximum atomic E-state index is 12.7. The van der Waals surface area contributed by atoms with Gasteiger partial charge in [-0.25, -0.2) is 13.2 Å². The number of methoxy groups -OCH3 is 1. The first kappa shape index (κ1) is 16.0. The maximum Gasteiger partial charge on any atom is 0.337 e. The summed E-state index contributed by atoms with van der Waals surface area (Å²) in [5.74, 6) is -0.574. The Morgan fingerprint density at radius 3 is 2.32 bits per heavy atom. The van der Waals surface area contributed by atoms with Crippen LogP contribution in [0.15, 0.2) is 53.4 Å². The highest BCUT2D eigenvalue weighted by Gasteiger charge is 2.22. The summed E-state index contributed by atoms with van der Waals surface area (Å²) in [7, 11) is -1.01. The minimum Gasteiger partial charge on any atom is -0.465 e. The van der Waals surface area contributed by atoms with Gasteiger partial charge in [0.15, 0.2) is 0 Å². The van der Waals surface area contributed by atoms with E-state index in [-0.39, 0.29) is 10.5 Å². The quantitative estimate of drug-likeness (QED) is 0.813. The summed E-state index contributed by atoms with van der Waals surface area (Å²) in [6.07, 6.45) is 0. The third kappa shape index (κ3) is 3.12. The van der Waals surface area contributed by atoms with Crippen LogP contribution in [0, 0.1) is 6.92 Å². The molecule has 0 aliphatic carbocycles. The zero-order valence-electron chi connectivity index (χ0n) is 12.6. The summed E-state index contributed by atoms with van der Waals surface area (Å²) in [5, 5.41) is 0. The highest BCUT2D eigenvalue weighted by Crippen LogP contribution is 2.23. The lowest BCUT2D eigenvalue weighted by molar-refractivity contribution is 0.0600. The Balaban J connectivity index is 2.41. The summed E-state index contributed by atoms with van der Waals surface area (Å²) >= 11 is 0. The largest absolute Gasteiger partial charge is 0.465 e. The summed E-state index contributed by atoms with van der Waals surface area (Å²) in [5.41, 5.74) is 1.79. The van der Waals surface area contributed by atoms with Crippen LogP contribution in [0.4, 0.5) is 5.69 Å². The molecule has 2 rings (SSSR count). The molecule has 5 nitrogen and oxygen atoms in total. The highest BCUT2D eigenvalue weighted by molar-refractivity contribution is 7.92. The smallest absolute Gasteiger partial charge is 0.337 e. The van der Waals surface area contributed by atoms with Crippen LogP contribution in [0.5, 0.6) is 0 Å². The summed E-state index contributed by atoms with van der Waals surface area (Å²) in [6.45, 7) is 1.93. The number of anilines is 1. The van der Waals surface area contributed by atoms with Gasteiger partial charge >= 0.3 is 5.97 Å². The van der Waals surface area contributed by atoms with Gasteiger partial charge in [-0.05, 0) is 37.3 Å². The molecule has 0 spiro atoms. The topological polar surface area (TPSA) is 63.7 Å². The van der Waals surface area contributed by atoms with Gasteiger partial charge in [0, 0.05) is 7.05 Å². The second-order valence-electron chi connectivity index (χ2n) is 4.83. The molecule has 0 saturated carbocycles. The van der Waals surface area contributed by atoms with Crippen LogP contribution in [0.3, 0.4) is 0 Å². The molecule has 116 valence electrons. The minimum atomic E-state index is -3.74. The number of rotatable bonds is 4.